The summed E-state index contributed by atoms with van der Waals surface area (Å²) >= 11 is 0. The van der Waals surface area contributed by atoms with Gasteiger partial charge >= 0.3 is 0 Å². The molecule has 2 atom stereocenters. The van der Waals surface area contributed by atoms with Crippen molar-refractivity contribution in [3.8, 4) is 5.75 Å². The van der Waals surface area contributed by atoms with Crippen LogP contribution in [0.1, 0.15) is 31.4 Å². The number of hydrogen-bond acceptors (Lipinski definition) is 3. The molecule has 4 nitrogen and oxygen atoms in total. The molecule has 2 rings (SSSR count). The highest BCUT2D eigenvalue weighted by Gasteiger charge is 2.24. The molecule has 0 saturated carbocycles. The van der Waals surface area contributed by atoms with E-state index in [9.17, 15) is 4.79 Å². The van der Waals surface area contributed by atoms with Crippen LogP contribution in [0.15, 0.2) is 24.3 Å². The number of benzene rings is 1. The third-order valence-corrected chi connectivity index (χ3v) is 3.42. The number of ether oxygens (including phenoxy) is 1. The topological polar surface area (TPSA) is 64.4 Å². The molecule has 1 amide bonds. The zero-order chi connectivity index (χ0) is 13.0. The number of rotatable bonds is 4. The van der Waals surface area contributed by atoms with Gasteiger partial charge in [0.15, 0.2) is 0 Å². The van der Waals surface area contributed by atoms with Crippen LogP contribution < -0.4 is 15.8 Å². The molecule has 0 aliphatic carbocycles. The van der Waals surface area contributed by atoms with Crippen LogP contribution in [0.5, 0.6) is 5.75 Å². The molecule has 98 valence electrons. The number of carbonyl (C=O) groups is 1. The van der Waals surface area contributed by atoms with Gasteiger partial charge in [-0.15, -0.1) is 0 Å². The summed E-state index contributed by atoms with van der Waals surface area (Å²) in [5.74, 6) is 0.816. The van der Waals surface area contributed by atoms with Crippen molar-refractivity contribution in [2.24, 2.45) is 11.7 Å². The van der Waals surface area contributed by atoms with Gasteiger partial charge in [-0.1, -0.05) is 25.1 Å². The van der Waals surface area contributed by atoms with E-state index in [4.69, 9.17) is 10.5 Å². The summed E-state index contributed by atoms with van der Waals surface area (Å²) in [5, 5.41) is 3.08. The number of carbonyl (C=O) groups excluding carboxylic acids is 1. The fourth-order valence-corrected chi connectivity index (χ4v) is 2.24. The summed E-state index contributed by atoms with van der Waals surface area (Å²) in [5.41, 5.74) is 6.66. The highest BCUT2D eigenvalue weighted by atomic mass is 16.5. The monoisotopic (exact) mass is 248 g/mol. The van der Waals surface area contributed by atoms with Gasteiger partial charge in [-0.2, -0.15) is 0 Å². The minimum Gasteiger partial charge on any atom is -0.493 e. The fraction of sp³-hybridized carbons (Fsp3) is 0.500. The van der Waals surface area contributed by atoms with Gasteiger partial charge in [-0.3, -0.25) is 4.79 Å². The van der Waals surface area contributed by atoms with Crippen LogP contribution in [0.4, 0.5) is 0 Å². The summed E-state index contributed by atoms with van der Waals surface area (Å²) in [6, 6.07) is 7.89. The van der Waals surface area contributed by atoms with E-state index in [1.165, 1.54) is 0 Å². The van der Waals surface area contributed by atoms with Crippen molar-refractivity contribution in [1.82, 2.24) is 5.32 Å². The third kappa shape index (κ3) is 2.64. The van der Waals surface area contributed by atoms with Crippen molar-refractivity contribution < 1.29 is 9.53 Å². The van der Waals surface area contributed by atoms with Crippen molar-refractivity contribution in [3.05, 3.63) is 29.8 Å². The van der Waals surface area contributed by atoms with E-state index >= 15 is 0 Å². The first-order valence-corrected chi connectivity index (χ1v) is 6.48. The Bertz CT molecular complexity index is 416. The maximum absolute atomic E-state index is 12.1. The number of nitrogens with two attached hydrogens (primary N) is 1. The second kappa shape index (κ2) is 5.87. The number of hydrogen-bond donors (Lipinski definition) is 2. The maximum Gasteiger partial charge on any atom is 0.224 e. The Morgan fingerprint density at radius 2 is 2.33 bits per heavy atom. The highest BCUT2D eigenvalue weighted by molar-refractivity contribution is 5.79. The normalized spacial score (nSPS) is 19.6. The lowest BCUT2D eigenvalue weighted by Gasteiger charge is -2.27. The van der Waals surface area contributed by atoms with Crippen LogP contribution in [0.2, 0.25) is 0 Å². The molecule has 1 aliphatic heterocycles. The molecule has 0 saturated heterocycles. The van der Waals surface area contributed by atoms with Crippen LogP contribution in [0.25, 0.3) is 0 Å². The van der Waals surface area contributed by atoms with Crippen molar-refractivity contribution >= 4 is 5.91 Å². The predicted octanol–water partition coefficient (Wildman–Crippen LogP) is 1.61. The Morgan fingerprint density at radius 3 is 3.06 bits per heavy atom. The second-order valence-corrected chi connectivity index (χ2v) is 4.58. The summed E-state index contributed by atoms with van der Waals surface area (Å²) in [7, 11) is 0. The lowest BCUT2D eigenvalue weighted by atomic mass is 9.98. The molecule has 0 radical (unpaired) electrons. The zero-order valence-corrected chi connectivity index (χ0v) is 10.7. The summed E-state index contributed by atoms with van der Waals surface area (Å²) in [4.78, 5) is 12.1. The first-order chi connectivity index (χ1) is 8.76. The molecule has 4 heteroatoms. The molecule has 0 spiro atoms. The molecule has 0 fully saturated rings. The predicted molar refractivity (Wildman–Crippen MR) is 70.3 cm³/mol. The van der Waals surface area contributed by atoms with Gasteiger partial charge in [0.2, 0.25) is 5.91 Å². The smallest absolute Gasteiger partial charge is 0.224 e. The van der Waals surface area contributed by atoms with Gasteiger partial charge < -0.3 is 15.8 Å². The Morgan fingerprint density at radius 1 is 1.56 bits per heavy atom. The van der Waals surface area contributed by atoms with E-state index in [2.05, 4.69) is 5.32 Å². The molecule has 1 aromatic rings. The van der Waals surface area contributed by atoms with Crippen LogP contribution >= 0.6 is 0 Å². The quantitative estimate of drug-likeness (QED) is 0.851. The Labute approximate surface area is 108 Å². The van der Waals surface area contributed by atoms with Gasteiger partial charge in [0.05, 0.1) is 12.6 Å². The average molecular weight is 248 g/mol. The first kappa shape index (κ1) is 12.9. The van der Waals surface area contributed by atoms with E-state index in [0.29, 0.717) is 13.2 Å². The van der Waals surface area contributed by atoms with Crippen molar-refractivity contribution in [2.75, 3.05) is 13.2 Å². The van der Waals surface area contributed by atoms with E-state index in [0.717, 1.165) is 24.2 Å². The van der Waals surface area contributed by atoms with Gasteiger partial charge in [-0.25, -0.2) is 0 Å². The van der Waals surface area contributed by atoms with Gasteiger partial charge in [0.1, 0.15) is 5.75 Å². The van der Waals surface area contributed by atoms with Gasteiger partial charge in [0.25, 0.3) is 0 Å². The number of fused-ring (bicyclic) bond motifs is 1. The molecule has 1 aromatic carbocycles. The molecule has 0 bridgehead atoms. The van der Waals surface area contributed by atoms with E-state index in [-0.39, 0.29) is 17.9 Å². The van der Waals surface area contributed by atoms with E-state index in [1.807, 2.05) is 31.2 Å². The van der Waals surface area contributed by atoms with Crippen molar-refractivity contribution in [1.29, 1.82) is 0 Å². The minimum atomic E-state index is -0.0972. The zero-order valence-electron chi connectivity index (χ0n) is 10.7. The van der Waals surface area contributed by atoms with Crippen LogP contribution in [0, 0.1) is 5.92 Å². The Balaban J connectivity index is 2.09. The largest absolute Gasteiger partial charge is 0.493 e. The summed E-state index contributed by atoms with van der Waals surface area (Å²) < 4.78 is 5.57. The van der Waals surface area contributed by atoms with Gasteiger partial charge in [0, 0.05) is 24.4 Å². The fourth-order valence-electron chi connectivity index (χ4n) is 2.24. The molecule has 1 aliphatic rings. The highest BCUT2D eigenvalue weighted by Crippen LogP contribution is 2.31. The van der Waals surface area contributed by atoms with Gasteiger partial charge in [-0.05, 0) is 12.5 Å². The van der Waals surface area contributed by atoms with Crippen molar-refractivity contribution in [3.63, 3.8) is 0 Å². The van der Waals surface area contributed by atoms with Crippen molar-refractivity contribution in [2.45, 2.75) is 25.8 Å². The summed E-state index contributed by atoms with van der Waals surface area (Å²) in [6.07, 6.45) is 1.58. The average Bonchev–Trinajstić information content (AvgIpc) is 2.40. The van der Waals surface area contributed by atoms with Crippen LogP contribution in [0.3, 0.4) is 0 Å². The molecular weight excluding hydrogens is 228 g/mol. The minimum absolute atomic E-state index is 0.0432. The molecular formula is C14H20N2O2. The molecule has 2 unspecified atom stereocenters. The Hall–Kier alpha value is -1.55. The lowest BCUT2D eigenvalue weighted by molar-refractivity contribution is -0.125. The lowest BCUT2D eigenvalue weighted by Crippen LogP contribution is -2.38. The second-order valence-electron chi connectivity index (χ2n) is 4.58. The van der Waals surface area contributed by atoms with E-state index < -0.39 is 0 Å². The van der Waals surface area contributed by atoms with E-state index in [1.54, 1.807) is 0 Å². The molecule has 18 heavy (non-hydrogen) atoms. The Kier molecular flexibility index (Phi) is 4.20. The molecule has 1 heterocycles. The summed E-state index contributed by atoms with van der Waals surface area (Å²) in [6.45, 7) is 3.02. The molecule has 0 aromatic heterocycles. The number of amides is 1. The number of para-hydroxylation sites is 1. The maximum atomic E-state index is 12.1. The standard InChI is InChI=1S/C14H20N2O2/c1-2-10(9-15)14(17)16-12-7-8-18-13-6-4-3-5-11(12)13/h3-6,10,12H,2,7-9,15H2,1H3,(H,16,17). The number of nitrogens with one attached hydrogen (secondary N) is 1. The molecule has 3 N–H and O–H groups in total. The first-order valence-electron chi connectivity index (χ1n) is 6.48. The van der Waals surface area contributed by atoms with Crippen LogP contribution in [-0.2, 0) is 4.79 Å². The SMILES string of the molecule is CCC(CN)C(=O)NC1CCOc2ccccc21. The van der Waals surface area contributed by atoms with Crippen LogP contribution in [-0.4, -0.2) is 19.1 Å². The third-order valence-electron chi connectivity index (χ3n) is 3.42.